The number of likely N-dealkylation sites (tertiary alicyclic amines) is 1. The minimum Gasteiger partial charge on any atom is -0.370 e. The van der Waals surface area contributed by atoms with E-state index in [-0.39, 0.29) is 6.10 Å². The number of guanidine groups is 1. The second-order valence-corrected chi connectivity index (χ2v) is 7.46. The average Bonchev–Trinajstić information content (AvgIpc) is 3.10. The lowest BCUT2D eigenvalue weighted by molar-refractivity contribution is -0.00803. The van der Waals surface area contributed by atoms with E-state index in [0.29, 0.717) is 6.61 Å². The van der Waals surface area contributed by atoms with Crippen molar-refractivity contribution in [3.63, 3.8) is 0 Å². The van der Waals surface area contributed by atoms with Crippen LogP contribution in [0.25, 0.3) is 0 Å². The van der Waals surface area contributed by atoms with Crippen LogP contribution in [0.4, 0.5) is 0 Å². The molecule has 2 fully saturated rings. The molecule has 7 heteroatoms. The van der Waals surface area contributed by atoms with E-state index in [1.165, 1.54) is 32.4 Å². The smallest absolute Gasteiger partial charge is 0.193 e. The minimum atomic E-state index is 0.0604. The standard InChI is InChI=1S/C19H34N6O/c1-16-7-4-5-9-24(16)10-6-8-21-19(20-2)25-11-12-26-18(15-25)17-13-22-23(3)14-17/h13-14,16,18H,4-12,15H2,1-3H3,(H,20,21). The number of nitrogens with one attached hydrogen (secondary N) is 1. The van der Waals surface area contributed by atoms with Crippen molar-refractivity contribution in [1.29, 1.82) is 0 Å². The van der Waals surface area contributed by atoms with Gasteiger partial charge in [0, 0.05) is 51.5 Å². The molecular formula is C19H34N6O. The number of morpholine rings is 1. The monoisotopic (exact) mass is 362 g/mol. The summed E-state index contributed by atoms with van der Waals surface area (Å²) in [6.45, 7) is 8.15. The highest BCUT2D eigenvalue weighted by Gasteiger charge is 2.25. The van der Waals surface area contributed by atoms with E-state index in [0.717, 1.165) is 43.6 Å². The molecular weight excluding hydrogens is 328 g/mol. The minimum absolute atomic E-state index is 0.0604. The van der Waals surface area contributed by atoms with Gasteiger partial charge in [-0.2, -0.15) is 5.10 Å². The summed E-state index contributed by atoms with van der Waals surface area (Å²) in [7, 11) is 3.80. The first kappa shape index (κ1) is 19.2. The number of nitrogens with zero attached hydrogens (tertiary/aromatic N) is 5. The maximum Gasteiger partial charge on any atom is 0.193 e. The summed E-state index contributed by atoms with van der Waals surface area (Å²) in [5.74, 6) is 0.980. The van der Waals surface area contributed by atoms with Crippen molar-refractivity contribution in [2.24, 2.45) is 12.0 Å². The van der Waals surface area contributed by atoms with Crippen molar-refractivity contribution < 1.29 is 4.74 Å². The van der Waals surface area contributed by atoms with Gasteiger partial charge >= 0.3 is 0 Å². The van der Waals surface area contributed by atoms with E-state index < -0.39 is 0 Å². The zero-order chi connectivity index (χ0) is 18.4. The fourth-order valence-electron chi connectivity index (χ4n) is 3.95. The van der Waals surface area contributed by atoms with Gasteiger partial charge in [0.2, 0.25) is 0 Å². The first-order valence-corrected chi connectivity index (χ1v) is 9.97. The molecule has 1 aromatic heterocycles. The summed E-state index contributed by atoms with van der Waals surface area (Å²) < 4.78 is 7.76. The van der Waals surface area contributed by atoms with Crippen LogP contribution in [0.1, 0.15) is 44.3 Å². The number of ether oxygens (including phenoxy) is 1. The maximum atomic E-state index is 5.93. The van der Waals surface area contributed by atoms with Gasteiger partial charge in [-0.15, -0.1) is 0 Å². The lowest BCUT2D eigenvalue weighted by Crippen LogP contribution is -2.48. The Hall–Kier alpha value is -1.60. The molecule has 0 saturated carbocycles. The fourth-order valence-corrected chi connectivity index (χ4v) is 3.95. The average molecular weight is 363 g/mol. The van der Waals surface area contributed by atoms with Gasteiger partial charge in [-0.3, -0.25) is 9.67 Å². The molecule has 2 aliphatic heterocycles. The van der Waals surface area contributed by atoms with Gasteiger partial charge < -0.3 is 19.9 Å². The topological polar surface area (TPSA) is 57.9 Å². The van der Waals surface area contributed by atoms with Crippen molar-refractivity contribution in [2.45, 2.75) is 44.8 Å². The Morgan fingerprint density at radius 2 is 2.27 bits per heavy atom. The highest BCUT2D eigenvalue weighted by molar-refractivity contribution is 5.80. The fraction of sp³-hybridized carbons (Fsp3) is 0.789. The maximum absolute atomic E-state index is 5.93. The van der Waals surface area contributed by atoms with E-state index >= 15 is 0 Å². The largest absolute Gasteiger partial charge is 0.370 e. The lowest BCUT2D eigenvalue weighted by Gasteiger charge is -2.35. The molecule has 146 valence electrons. The molecule has 0 aromatic carbocycles. The molecule has 2 saturated heterocycles. The van der Waals surface area contributed by atoms with Gasteiger partial charge in [-0.1, -0.05) is 6.42 Å². The second kappa shape index (κ2) is 9.37. The lowest BCUT2D eigenvalue weighted by atomic mass is 10.0. The first-order valence-electron chi connectivity index (χ1n) is 9.97. The summed E-state index contributed by atoms with van der Waals surface area (Å²) in [6, 6.07) is 0.738. The van der Waals surface area contributed by atoms with Gasteiger partial charge in [0.05, 0.1) is 19.3 Å². The zero-order valence-electron chi connectivity index (χ0n) is 16.5. The van der Waals surface area contributed by atoms with Gasteiger partial charge in [-0.05, 0) is 32.7 Å². The SMILES string of the molecule is CN=C(NCCCN1CCCCC1C)N1CCOC(c2cnn(C)c2)C1. The van der Waals surface area contributed by atoms with Crippen LogP contribution in [-0.4, -0.2) is 78.0 Å². The molecule has 3 rings (SSSR count). The van der Waals surface area contributed by atoms with Gasteiger partial charge in [0.25, 0.3) is 0 Å². The van der Waals surface area contributed by atoms with Crippen molar-refractivity contribution in [1.82, 2.24) is 24.9 Å². The molecule has 0 aliphatic carbocycles. The molecule has 1 aromatic rings. The predicted octanol–water partition coefficient (Wildman–Crippen LogP) is 1.63. The molecule has 0 radical (unpaired) electrons. The molecule has 2 unspecified atom stereocenters. The highest BCUT2D eigenvalue weighted by atomic mass is 16.5. The number of aromatic nitrogens is 2. The molecule has 2 atom stereocenters. The van der Waals surface area contributed by atoms with Crippen LogP contribution in [0.3, 0.4) is 0 Å². The third-order valence-corrected chi connectivity index (χ3v) is 5.52. The number of hydrogen-bond acceptors (Lipinski definition) is 4. The molecule has 7 nitrogen and oxygen atoms in total. The van der Waals surface area contributed by atoms with Crippen LogP contribution < -0.4 is 5.32 Å². The molecule has 0 spiro atoms. The Morgan fingerprint density at radius 3 is 3.00 bits per heavy atom. The van der Waals surface area contributed by atoms with Crippen molar-refractivity contribution >= 4 is 5.96 Å². The quantitative estimate of drug-likeness (QED) is 0.490. The molecule has 0 bridgehead atoms. The normalized spacial score (nSPS) is 25.5. The van der Waals surface area contributed by atoms with E-state index in [9.17, 15) is 0 Å². The summed E-state index contributed by atoms with van der Waals surface area (Å²) in [5.41, 5.74) is 1.13. The first-order chi connectivity index (χ1) is 12.7. The number of aryl methyl sites for hydroxylation is 1. The number of aliphatic imine (C=N–C) groups is 1. The Labute approximate surface area is 157 Å². The van der Waals surface area contributed by atoms with Crippen LogP contribution in [0.2, 0.25) is 0 Å². The van der Waals surface area contributed by atoms with Crippen molar-refractivity contribution in [3.05, 3.63) is 18.0 Å². The zero-order valence-corrected chi connectivity index (χ0v) is 16.5. The summed E-state index contributed by atoms with van der Waals surface area (Å²) >= 11 is 0. The van der Waals surface area contributed by atoms with Crippen LogP contribution in [-0.2, 0) is 11.8 Å². The molecule has 26 heavy (non-hydrogen) atoms. The molecule has 2 aliphatic rings. The van der Waals surface area contributed by atoms with E-state index in [1.54, 1.807) is 0 Å². The summed E-state index contributed by atoms with van der Waals surface area (Å²) in [5, 5.41) is 7.80. The van der Waals surface area contributed by atoms with Gasteiger partial charge in [0.1, 0.15) is 6.10 Å². The Kier molecular flexibility index (Phi) is 6.91. The molecule has 1 N–H and O–H groups in total. The molecule has 3 heterocycles. The molecule has 0 amide bonds. The van der Waals surface area contributed by atoms with E-state index in [4.69, 9.17) is 4.74 Å². The van der Waals surface area contributed by atoms with Gasteiger partial charge in [0.15, 0.2) is 5.96 Å². The summed E-state index contributed by atoms with van der Waals surface area (Å²) in [4.78, 5) is 9.41. The Morgan fingerprint density at radius 1 is 1.38 bits per heavy atom. The predicted molar refractivity (Wildman–Crippen MR) is 104 cm³/mol. The summed E-state index contributed by atoms with van der Waals surface area (Å²) in [6.07, 6.45) is 9.22. The second-order valence-electron chi connectivity index (χ2n) is 7.46. The van der Waals surface area contributed by atoms with Gasteiger partial charge in [-0.25, -0.2) is 0 Å². The van der Waals surface area contributed by atoms with Crippen LogP contribution >= 0.6 is 0 Å². The van der Waals surface area contributed by atoms with E-state index in [2.05, 4.69) is 32.1 Å². The van der Waals surface area contributed by atoms with E-state index in [1.807, 2.05) is 31.2 Å². The highest BCUT2D eigenvalue weighted by Crippen LogP contribution is 2.21. The number of hydrogen-bond donors (Lipinski definition) is 1. The van der Waals surface area contributed by atoms with Crippen LogP contribution in [0, 0.1) is 0 Å². The number of piperidine rings is 1. The number of rotatable bonds is 5. The van der Waals surface area contributed by atoms with Crippen molar-refractivity contribution in [2.75, 3.05) is 46.4 Å². The Bertz CT molecular complexity index is 586. The van der Waals surface area contributed by atoms with Crippen LogP contribution in [0.15, 0.2) is 17.4 Å². The van der Waals surface area contributed by atoms with Crippen LogP contribution in [0.5, 0.6) is 0 Å². The third kappa shape index (κ3) is 4.98. The Balaban J connectivity index is 1.44. The third-order valence-electron chi connectivity index (χ3n) is 5.52. The van der Waals surface area contributed by atoms with Crippen molar-refractivity contribution in [3.8, 4) is 0 Å².